The van der Waals surface area contributed by atoms with Crippen molar-refractivity contribution in [2.75, 3.05) is 23.7 Å². The first-order valence-corrected chi connectivity index (χ1v) is 12.7. The van der Waals surface area contributed by atoms with E-state index < -0.39 is 10.0 Å². The molecule has 1 amide bonds. The second-order valence-electron chi connectivity index (χ2n) is 7.12. The van der Waals surface area contributed by atoms with E-state index in [0.29, 0.717) is 30.4 Å². The number of anilines is 1. The van der Waals surface area contributed by atoms with Gasteiger partial charge in [-0.2, -0.15) is 4.98 Å². The molecule has 2 aromatic heterocycles. The third-order valence-corrected chi connectivity index (χ3v) is 6.85. The highest BCUT2D eigenvalue weighted by molar-refractivity contribution is 7.92. The van der Waals surface area contributed by atoms with E-state index in [4.69, 9.17) is 4.52 Å². The minimum atomic E-state index is -3.46. The molecule has 0 aliphatic heterocycles. The minimum absolute atomic E-state index is 0.0865. The van der Waals surface area contributed by atoms with Gasteiger partial charge in [0.1, 0.15) is 0 Å². The molecule has 0 fully saturated rings. The van der Waals surface area contributed by atoms with Crippen molar-refractivity contribution in [1.82, 2.24) is 15.0 Å². The van der Waals surface area contributed by atoms with Crippen LogP contribution >= 0.6 is 11.3 Å². The lowest BCUT2D eigenvalue weighted by molar-refractivity contribution is -0.132. The van der Waals surface area contributed by atoms with E-state index in [-0.39, 0.29) is 25.4 Å². The zero-order valence-electron chi connectivity index (χ0n) is 17.8. The molecular weight excluding hydrogens is 436 g/mol. The number of amides is 1. The molecule has 0 spiro atoms. The molecule has 0 bridgehead atoms. The van der Waals surface area contributed by atoms with Gasteiger partial charge < -0.3 is 9.42 Å². The highest BCUT2D eigenvalue weighted by Gasteiger charge is 2.21. The van der Waals surface area contributed by atoms with E-state index in [9.17, 15) is 13.2 Å². The molecule has 0 unspecified atom stereocenters. The summed E-state index contributed by atoms with van der Waals surface area (Å²) in [5.41, 5.74) is 1.50. The van der Waals surface area contributed by atoms with Crippen molar-refractivity contribution in [3.8, 4) is 10.7 Å². The van der Waals surface area contributed by atoms with Gasteiger partial charge >= 0.3 is 0 Å². The zero-order chi connectivity index (χ0) is 22.4. The maximum absolute atomic E-state index is 12.7. The van der Waals surface area contributed by atoms with Gasteiger partial charge in [-0.05, 0) is 43.3 Å². The first-order chi connectivity index (χ1) is 14.8. The molecule has 3 aromatic rings. The number of sulfonamides is 1. The molecule has 1 aromatic carbocycles. The fourth-order valence-electron chi connectivity index (χ4n) is 3.20. The summed E-state index contributed by atoms with van der Waals surface area (Å²) >= 11 is 1.52. The minimum Gasteiger partial charge on any atom is -0.337 e. The highest BCUT2D eigenvalue weighted by Crippen LogP contribution is 2.23. The predicted molar refractivity (Wildman–Crippen MR) is 121 cm³/mol. The molecule has 0 N–H and O–H groups in total. The standard InChI is InChI=1S/C21H26N4O4S2/c1-4-24(15-19-22-21(23-29-19)18-11-8-14-30-18)20(26)12-7-13-25(31(3,27)28)17-10-6-5-9-16(17)2/h5-6,8-11,14H,4,7,12-13,15H2,1-3H3. The fraction of sp³-hybridized carbons (Fsp3) is 0.381. The van der Waals surface area contributed by atoms with Crippen molar-refractivity contribution in [2.24, 2.45) is 0 Å². The Morgan fingerprint density at radius 3 is 2.61 bits per heavy atom. The number of thiophene rings is 1. The Labute approximate surface area is 186 Å². The number of nitrogens with zero attached hydrogens (tertiary/aromatic N) is 4. The summed E-state index contributed by atoms with van der Waals surface area (Å²) in [6, 6.07) is 11.1. The van der Waals surface area contributed by atoms with Crippen LogP contribution < -0.4 is 4.31 Å². The molecule has 10 heteroatoms. The molecule has 0 saturated heterocycles. The van der Waals surface area contributed by atoms with E-state index in [1.54, 1.807) is 17.0 Å². The molecule has 0 aliphatic carbocycles. The molecule has 0 radical (unpaired) electrons. The Morgan fingerprint density at radius 2 is 1.97 bits per heavy atom. The van der Waals surface area contributed by atoms with E-state index in [0.717, 1.165) is 10.4 Å². The van der Waals surface area contributed by atoms with Gasteiger partial charge in [-0.25, -0.2) is 8.42 Å². The highest BCUT2D eigenvalue weighted by atomic mass is 32.2. The van der Waals surface area contributed by atoms with Crippen LogP contribution in [0.3, 0.4) is 0 Å². The van der Waals surface area contributed by atoms with Gasteiger partial charge in [-0.15, -0.1) is 11.3 Å². The zero-order valence-corrected chi connectivity index (χ0v) is 19.4. The Balaban J connectivity index is 1.60. The van der Waals surface area contributed by atoms with Crippen LogP contribution in [0.4, 0.5) is 5.69 Å². The maximum atomic E-state index is 12.7. The normalized spacial score (nSPS) is 11.5. The van der Waals surface area contributed by atoms with Crippen molar-refractivity contribution in [3.05, 3.63) is 53.2 Å². The summed E-state index contributed by atoms with van der Waals surface area (Å²) in [6.45, 7) is 4.69. The third kappa shape index (κ3) is 5.92. The van der Waals surface area contributed by atoms with E-state index in [1.165, 1.54) is 21.9 Å². The van der Waals surface area contributed by atoms with Crippen LogP contribution in [0, 0.1) is 6.92 Å². The molecular formula is C21H26N4O4S2. The second kappa shape index (κ2) is 10.1. The van der Waals surface area contributed by atoms with E-state index in [1.807, 2.05) is 43.5 Å². The van der Waals surface area contributed by atoms with Gasteiger partial charge in [0, 0.05) is 19.5 Å². The molecule has 8 nitrogen and oxygen atoms in total. The van der Waals surface area contributed by atoms with Crippen LogP contribution in [0.15, 0.2) is 46.3 Å². The fourth-order valence-corrected chi connectivity index (χ4v) is 4.88. The summed E-state index contributed by atoms with van der Waals surface area (Å²) in [6.07, 6.45) is 1.80. The molecule has 31 heavy (non-hydrogen) atoms. The second-order valence-corrected chi connectivity index (χ2v) is 9.98. The van der Waals surface area contributed by atoms with Gasteiger partial charge in [0.05, 0.1) is 23.4 Å². The van der Waals surface area contributed by atoms with Crippen LogP contribution in [0.25, 0.3) is 10.7 Å². The molecule has 3 rings (SSSR count). The predicted octanol–water partition coefficient (Wildman–Crippen LogP) is 3.70. The molecule has 0 saturated carbocycles. The number of aromatic nitrogens is 2. The van der Waals surface area contributed by atoms with Crippen molar-refractivity contribution in [3.63, 3.8) is 0 Å². The number of hydrogen-bond donors (Lipinski definition) is 0. The van der Waals surface area contributed by atoms with Crippen LogP contribution in [0.5, 0.6) is 0 Å². The van der Waals surface area contributed by atoms with Gasteiger partial charge in [-0.1, -0.05) is 29.4 Å². The first-order valence-electron chi connectivity index (χ1n) is 9.97. The van der Waals surface area contributed by atoms with Crippen molar-refractivity contribution in [1.29, 1.82) is 0 Å². The Morgan fingerprint density at radius 1 is 1.19 bits per heavy atom. The number of carbonyl (C=O) groups excluding carboxylic acids is 1. The van der Waals surface area contributed by atoms with Crippen molar-refractivity contribution in [2.45, 2.75) is 33.2 Å². The van der Waals surface area contributed by atoms with Crippen LogP contribution in [-0.2, 0) is 21.4 Å². The van der Waals surface area contributed by atoms with E-state index in [2.05, 4.69) is 10.1 Å². The number of benzene rings is 1. The third-order valence-electron chi connectivity index (χ3n) is 4.81. The van der Waals surface area contributed by atoms with Crippen LogP contribution in [0.2, 0.25) is 0 Å². The molecule has 0 atom stereocenters. The summed E-state index contributed by atoms with van der Waals surface area (Å²) < 4.78 is 31.2. The van der Waals surface area contributed by atoms with Crippen molar-refractivity contribution >= 4 is 33.0 Å². The lowest BCUT2D eigenvalue weighted by atomic mass is 10.2. The average molecular weight is 463 g/mol. The van der Waals surface area contributed by atoms with Crippen LogP contribution in [0.1, 0.15) is 31.2 Å². The average Bonchev–Trinajstić information content (AvgIpc) is 3.41. The lowest BCUT2D eigenvalue weighted by Gasteiger charge is -2.25. The number of carbonyl (C=O) groups is 1. The first kappa shape index (κ1) is 23.0. The van der Waals surface area contributed by atoms with Crippen molar-refractivity contribution < 1.29 is 17.7 Å². The van der Waals surface area contributed by atoms with Gasteiger partial charge in [0.2, 0.25) is 27.6 Å². The smallest absolute Gasteiger partial charge is 0.246 e. The Kier molecular flexibility index (Phi) is 7.45. The van der Waals surface area contributed by atoms with Gasteiger partial charge in [0.15, 0.2) is 0 Å². The Bertz CT molecular complexity index is 1110. The summed E-state index contributed by atoms with van der Waals surface area (Å²) in [5, 5.41) is 5.91. The quantitative estimate of drug-likeness (QED) is 0.456. The van der Waals surface area contributed by atoms with Gasteiger partial charge in [0.25, 0.3) is 0 Å². The lowest BCUT2D eigenvalue weighted by Crippen LogP contribution is -2.34. The largest absolute Gasteiger partial charge is 0.337 e. The molecule has 166 valence electrons. The monoisotopic (exact) mass is 462 g/mol. The number of aryl methyl sites for hydroxylation is 1. The number of para-hydroxylation sites is 1. The summed E-state index contributed by atoms with van der Waals surface area (Å²) in [5.74, 6) is 0.795. The number of hydrogen-bond acceptors (Lipinski definition) is 7. The van der Waals surface area contributed by atoms with Gasteiger partial charge in [-0.3, -0.25) is 9.10 Å². The molecule has 2 heterocycles. The van der Waals surface area contributed by atoms with Crippen LogP contribution in [-0.4, -0.2) is 48.7 Å². The topological polar surface area (TPSA) is 96.6 Å². The Hall–Kier alpha value is -2.72. The molecule has 0 aliphatic rings. The van der Waals surface area contributed by atoms with E-state index >= 15 is 0 Å². The summed E-state index contributed by atoms with van der Waals surface area (Å²) in [4.78, 5) is 19.6. The summed E-state index contributed by atoms with van der Waals surface area (Å²) in [7, 11) is -3.46. The SMILES string of the molecule is CCN(Cc1nc(-c2cccs2)no1)C(=O)CCCN(c1ccccc1C)S(C)(=O)=O. The maximum Gasteiger partial charge on any atom is 0.246 e. The number of rotatable bonds is 10.